The van der Waals surface area contributed by atoms with Gasteiger partial charge in [-0.05, 0) is 30.5 Å². The molecule has 0 amide bonds. The number of nitrogens with zero attached hydrogens (tertiary/aromatic N) is 1. The average Bonchev–Trinajstić information content (AvgIpc) is 2.39. The smallest absolute Gasteiger partial charge is 0.223 e. The topological polar surface area (TPSA) is 46.6 Å². The first-order valence-electron chi connectivity index (χ1n) is 6.16. The van der Waals surface area contributed by atoms with Crippen LogP contribution in [0, 0.1) is 0 Å². The van der Waals surface area contributed by atoms with Crippen LogP contribution in [-0.2, 0) is 19.5 Å². The summed E-state index contributed by atoms with van der Waals surface area (Å²) in [6, 6.07) is 7.56. The summed E-state index contributed by atoms with van der Waals surface area (Å²) in [6.45, 7) is 0.944. The fourth-order valence-electron chi connectivity index (χ4n) is 2.52. The highest BCUT2D eigenvalue weighted by molar-refractivity contribution is 9.10. The molecule has 106 valence electrons. The predicted molar refractivity (Wildman–Crippen MR) is 78.5 cm³/mol. The first-order valence-corrected chi connectivity index (χ1v) is 8.39. The molecule has 1 aromatic rings. The highest BCUT2D eigenvalue weighted by atomic mass is 79.9. The highest BCUT2D eigenvalue weighted by Crippen LogP contribution is 2.41. The van der Waals surface area contributed by atoms with E-state index in [9.17, 15) is 8.42 Å². The van der Waals surface area contributed by atoms with Crippen LogP contribution in [0.15, 0.2) is 28.7 Å². The molecule has 1 heterocycles. The maximum atomic E-state index is 12.8. The fraction of sp³-hybridized carbons (Fsp3) is 0.538. The van der Waals surface area contributed by atoms with Crippen LogP contribution in [0.25, 0.3) is 0 Å². The standard InChI is InChI=1S/C13H18BrNO3S/c1-15(2)19(16,17)13(6-8-18-9-7-13)11-4-3-5-12(14)10-11/h3-5,10H,6-9H2,1-2H3. The van der Waals surface area contributed by atoms with E-state index in [2.05, 4.69) is 15.9 Å². The van der Waals surface area contributed by atoms with Crippen molar-refractivity contribution in [2.75, 3.05) is 27.3 Å². The number of hydrogen-bond donors (Lipinski definition) is 0. The van der Waals surface area contributed by atoms with Crippen molar-refractivity contribution in [3.8, 4) is 0 Å². The van der Waals surface area contributed by atoms with Gasteiger partial charge in [-0.2, -0.15) is 0 Å². The van der Waals surface area contributed by atoms with E-state index in [1.807, 2.05) is 24.3 Å². The van der Waals surface area contributed by atoms with Crippen LogP contribution in [0.1, 0.15) is 18.4 Å². The molecule has 0 aromatic heterocycles. The van der Waals surface area contributed by atoms with Crippen molar-refractivity contribution in [1.82, 2.24) is 4.31 Å². The SMILES string of the molecule is CN(C)S(=O)(=O)C1(c2cccc(Br)c2)CCOCC1. The van der Waals surface area contributed by atoms with Gasteiger partial charge >= 0.3 is 0 Å². The minimum Gasteiger partial charge on any atom is -0.381 e. The first kappa shape index (κ1) is 15.0. The Hall–Kier alpha value is -0.430. The highest BCUT2D eigenvalue weighted by Gasteiger charge is 2.47. The van der Waals surface area contributed by atoms with Gasteiger partial charge in [0.2, 0.25) is 10.0 Å². The third kappa shape index (κ3) is 2.59. The lowest BCUT2D eigenvalue weighted by molar-refractivity contribution is 0.0727. The van der Waals surface area contributed by atoms with Crippen LogP contribution in [0.2, 0.25) is 0 Å². The predicted octanol–water partition coefficient (Wildman–Crippen LogP) is 2.35. The van der Waals surface area contributed by atoms with Crippen molar-refractivity contribution < 1.29 is 13.2 Å². The zero-order chi connectivity index (χ0) is 14.1. The van der Waals surface area contributed by atoms with Gasteiger partial charge in [-0.1, -0.05) is 28.1 Å². The average molecular weight is 348 g/mol. The molecule has 4 nitrogen and oxygen atoms in total. The molecule has 0 atom stereocenters. The summed E-state index contributed by atoms with van der Waals surface area (Å²) >= 11 is 3.42. The quantitative estimate of drug-likeness (QED) is 0.842. The summed E-state index contributed by atoms with van der Waals surface area (Å²) in [5.41, 5.74) is 0.832. The van der Waals surface area contributed by atoms with E-state index in [0.29, 0.717) is 26.1 Å². The lowest BCUT2D eigenvalue weighted by atomic mass is 9.90. The van der Waals surface area contributed by atoms with Crippen LogP contribution < -0.4 is 0 Å². The number of halogens is 1. The first-order chi connectivity index (χ1) is 8.90. The van der Waals surface area contributed by atoms with Gasteiger partial charge in [0.15, 0.2) is 0 Å². The summed E-state index contributed by atoms with van der Waals surface area (Å²) in [5, 5.41) is 0. The molecule has 0 aliphatic carbocycles. The van der Waals surface area contributed by atoms with E-state index in [-0.39, 0.29) is 0 Å². The van der Waals surface area contributed by atoms with Gasteiger partial charge in [0.05, 0.1) is 0 Å². The number of rotatable bonds is 3. The van der Waals surface area contributed by atoms with E-state index in [1.54, 1.807) is 14.1 Å². The third-order valence-corrected chi connectivity index (χ3v) is 6.71. The molecule has 1 aliphatic rings. The van der Waals surface area contributed by atoms with Gasteiger partial charge in [0.25, 0.3) is 0 Å². The molecule has 0 N–H and O–H groups in total. The molecular formula is C13H18BrNO3S. The Morgan fingerprint density at radius 2 is 1.89 bits per heavy atom. The van der Waals surface area contributed by atoms with Crippen molar-refractivity contribution in [3.63, 3.8) is 0 Å². The van der Waals surface area contributed by atoms with E-state index in [0.717, 1.165) is 10.0 Å². The number of sulfonamides is 1. The van der Waals surface area contributed by atoms with Crippen molar-refractivity contribution in [2.45, 2.75) is 17.6 Å². The summed E-state index contributed by atoms with van der Waals surface area (Å²) in [5.74, 6) is 0. The lowest BCUT2D eigenvalue weighted by Gasteiger charge is -2.38. The van der Waals surface area contributed by atoms with E-state index in [4.69, 9.17) is 4.74 Å². The van der Waals surface area contributed by atoms with E-state index < -0.39 is 14.8 Å². The molecule has 19 heavy (non-hydrogen) atoms. The molecule has 1 aromatic carbocycles. The molecule has 0 bridgehead atoms. The number of hydrogen-bond acceptors (Lipinski definition) is 3. The summed E-state index contributed by atoms with van der Waals surface area (Å²) < 4.78 is 32.2. The van der Waals surface area contributed by atoms with Gasteiger partial charge < -0.3 is 4.74 Å². The van der Waals surface area contributed by atoms with Crippen LogP contribution in [-0.4, -0.2) is 40.0 Å². The zero-order valence-corrected chi connectivity index (χ0v) is 13.5. The molecule has 1 saturated heterocycles. The molecular weight excluding hydrogens is 330 g/mol. The minimum absolute atomic E-state index is 0.472. The second-order valence-corrected chi connectivity index (χ2v) is 8.28. The van der Waals surface area contributed by atoms with Crippen LogP contribution in [0.5, 0.6) is 0 Å². The zero-order valence-electron chi connectivity index (χ0n) is 11.1. The van der Waals surface area contributed by atoms with Gasteiger partial charge in [-0.25, -0.2) is 12.7 Å². The Balaban J connectivity index is 2.59. The largest absolute Gasteiger partial charge is 0.381 e. The van der Waals surface area contributed by atoms with E-state index >= 15 is 0 Å². The minimum atomic E-state index is -3.40. The Bertz CT molecular complexity index is 551. The Labute approximate surface area is 122 Å². The Morgan fingerprint density at radius 3 is 2.42 bits per heavy atom. The van der Waals surface area contributed by atoms with Crippen molar-refractivity contribution in [2.24, 2.45) is 0 Å². The van der Waals surface area contributed by atoms with E-state index in [1.165, 1.54) is 4.31 Å². The van der Waals surface area contributed by atoms with Crippen molar-refractivity contribution in [1.29, 1.82) is 0 Å². The monoisotopic (exact) mass is 347 g/mol. The maximum absolute atomic E-state index is 12.8. The second-order valence-electron chi connectivity index (χ2n) is 4.90. The van der Waals surface area contributed by atoms with Gasteiger partial charge in [0, 0.05) is 31.8 Å². The molecule has 1 aliphatic heterocycles. The molecule has 0 unspecified atom stereocenters. The summed E-state index contributed by atoms with van der Waals surface area (Å²) in [4.78, 5) is 0. The Morgan fingerprint density at radius 1 is 1.26 bits per heavy atom. The fourth-order valence-corrected chi connectivity index (χ4v) is 4.72. The normalized spacial score (nSPS) is 19.6. The molecule has 2 rings (SSSR count). The molecule has 0 spiro atoms. The van der Waals surface area contributed by atoms with Crippen LogP contribution >= 0.6 is 15.9 Å². The molecule has 1 fully saturated rings. The molecule has 0 radical (unpaired) electrons. The Kier molecular flexibility index (Phi) is 4.35. The third-order valence-electron chi connectivity index (χ3n) is 3.63. The number of ether oxygens (including phenoxy) is 1. The van der Waals surface area contributed by atoms with Crippen molar-refractivity contribution in [3.05, 3.63) is 34.3 Å². The maximum Gasteiger partial charge on any atom is 0.223 e. The van der Waals surface area contributed by atoms with Gasteiger partial charge in [-0.3, -0.25) is 0 Å². The molecule has 6 heteroatoms. The lowest BCUT2D eigenvalue weighted by Crippen LogP contribution is -2.47. The molecule has 0 saturated carbocycles. The summed E-state index contributed by atoms with van der Waals surface area (Å²) in [7, 11) is -0.223. The second kappa shape index (κ2) is 5.52. The summed E-state index contributed by atoms with van der Waals surface area (Å²) in [6.07, 6.45) is 0.980. The van der Waals surface area contributed by atoms with Crippen LogP contribution in [0.4, 0.5) is 0 Å². The van der Waals surface area contributed by atoms with Crippen LogP contribution in [0.3, 0.4) is 0 Å². The van der Waals surface area contributed by atoms with Gasteiger partial charge in [-0.15, -0.1) is 0 Å². The number of benzene rings is 1. The van der Waals surface area contributed by atoms with Gasteiger partial charge in [0.1, 0.15) is 4.75 Å². The van der Waals surface area contributed by atoms with Crippen molar-refractivity contribution >= 4 is 26.0 Å².